The summed E-state index contributed by atoms with van der Waals surface area (Å²) in [5.74, 6) is 0. The molecule has 0 aromatic carbocycles. The summed E-state index contributed by atoms with van der Waals surface area (Å²) < 4.78 is 27.6. The van der Waals surface area contributed by atoms with Gasteiger partial charge in [0, 0.05) is 0 Å². The molecule has 0 amide bonds. The normalized spacial score (nSPS) is 28.4. The first-order valence-electron chi connectivity index (χ1n) is 4.07. The van der Waals surface area contributed by atoms with Crippen LogP contribution in [0.5, 0.6) is 0 Å². The topological polar surface area (TPSA) is 65.0 Å². The molecule has 5 nitrogen and oxygen atoms in total. The minimum atomic E-state index is -3.56. The molecule has 13 heavy (non-hydrogen) atoms. The fraction of sp³-hybridized carbons (Fsp3) is 0.857. The summed E-state index contributed by atoms with van der Waals surface area (Å²) in [6.07, 6.45) is -0.462. The first-order chi connectivity index (χ1) is 5.99. The first kappa shape index (κ1) is 10.5. The van der Waals surface area contributed by atoms with Crippen molar-refractivity contribution in [3.8, 4) is 0 Å². The molecule has 0 aromatic rings. The molecule has 0 aliphatic carbocycles. The van der Waals surface area contributed by atoms with Gasteiger partial charge in [-0.05, 0) is 20.8 Å². The lowest BCUT2D eigenvalue weighted by Crippen LogP contribution is -2.35. The highest BCUT2D eigenvalue weighted by Crippen LogP contribution is 2.19. The minimum Gasteiger partial charge on any atom is -0.391 e. The zero-order valence-corrected chi connectivity index (χ0v) is 8.67. The second-order valence-corrected chi connectivity index (χ2v) is 4.59. The Morgan fingerprint density at radius 3 is 2.62 bits per heavy atom. The smallest absolute Gasteiger partial charge is 0.279 e. The molecule has 76 valence electrons. The predicted octanol–water partition coefficient (Wildman–Crippen LogP) is 0.516. The van der Waals surface area contributed by atoms with Crippen LogP contribution < -0.4 is 0 Å². The second kappa shape index (κ2) is 3.63. The van der Waals surface area contributed by atoms with Crippen LogP contribution in [0.3, 0.4) is 0 Å². The molecule has 0 saturated heterocycles. The van der Waals surface area contributed by atoms with Crippen LogP contribution in [0.1, 0.15) is 20.8 Å². The van der Waals surface area contributed by atoms with E-state index in [1.807, 2.05) is 0 Å². The van der Waals surface area contributed by atoms with Crippen molar-refractivity contribution < 1.29 is 17.4 Å². The molecular weight excluding hydrogens is 194 g/mol. The third kappa shape index (κ3) is 2.00. The van der Waals surface area contributed by atoms with Gasteiger partial charge in [0.05, 0.1) is 12.3 Å². The van der Waals surface area contributed by atoms with E-state index in [0.29, 0.717) is 5.71 Å². The van der Waals surface area contributed by atoms with Crippen LogP contribution in [0.2, 0.25) is 0 Å². The Labute approximate surface area is 77.8 Å². The summed E-state index contributed by atoms with van der Waals surface area (Å²) in [4.78, 5) is 4.84. The van der Waals surface area contributed by atoms with E-state index in [9.17, 15) is 8.42 Å². The Morgan fingerprint density at radius 2 is 2.23 bits per heavy atom. The van der Waals surface area contributed by atoms with E-state index in [2.05, 4.69) is 9.34 Å². The maximum atomic E-state index is 11.5. The zero-order valence-electron chi connectivity index (χ0n) is 7.85. The van der Waals surface area contributed by atoms with Crippen LogP contribution in [0, 0.1) is 0 Å². The van der Waals surface area contributed by atoms with Crippen molar-refractivity contribution in [2.75, 3.05) is 6.61 Å². The number of oxime groups is 1. The molecule has 1 rings (SSSR count). The molecule has 1 aliphatic rings. The van der Waals surface area contributed by atoms with Crippen LogP contribution in [0.4, 0.5) is 0 Å². The van der Waals surface area contributed by atoms with Crippen molar-refractivity contribution in [3.63, 3.8) is 0 Å². The molecular formula is C7H13NO4S. The van der Waals surface area contributed by atoms with E-state index in [4.69, 9.17) is 4.84 Å². The molecule has 0 saturated carbocycles. The summed E-state index contributed by atoms with van der Waals surface area (Å²) in [6, 6.07) is 0. The number of nitrogens with zero attached hydrogens (tertiary/aromatic N) is 1. The summed E-state index contributed by atoms with van der Waals surface area (Å²) in [7, 11) is -3.56. The molecule has 0 aromatic heterocycles. The van der Waals surface area contributed by atoms with E-state index in [-0.39, 0.29) is 6.61 Å². The minimum absolute atomic E-state index is 0.138. The summed E-state index contributed by atoms with van der Waals surface area (Å²) in [6.45, 7) is 5.04. The van der Waals surface area contributed by atoms with Crippen molar-refractivity contribution >= 4 is 15.8 Å². The highest BCUT2D eigenvalue weighted by molar-refractivity contribution is 7.88. The maximum Gasteiger partial charge on any atom is 0.279 e. The average Bonchev–Trinajstić information content (AvgIpc) is 2.31. The van der Waals surface area contributed by atoms with Gasteiger partial charge in [0.2, 0.25) is 0 Å². The summed E-state index contributed by atoms with van der Waals surface area (Å²) >= 11 is 0. The number of rotatable bonds is 3. The monoisotopic (exact) mass is 207 g/mol. The summed E-state index contributed by atoms with van der Waals surface area (Å²) in [5.41, 5.74) is 0.445. The Balaban J connectivity index is 2.88. The van der Waals surface area contributed by atoms with E-state index < -0.39 is 21.5 Å². The first-order valence-corrected chi connectivity index (χ1v) is 5.54. The van der Waals surface area contributed by atoms with Crippen LogP contribution >= 0.6 is 0 Å². The third-order valence-electron chi connectivity index (χ3n) is 1.79. The Morgan fingerprint density at radius 1 is 1.62 bits per heavy atom. The van der Waals surface area contributed by atoms with Gasteiger partial charge in [-0.15, -0.1) is 0 Å². The van der Waals surface area contributed by atoms with E-state index >= 15 is 0 Å². The van der Waals surface area contributed by atoms with Crippen LogP contribution in [0.15, 0.2) is 5.16 Å². The number of hydrogen-bond acceptors (Lipinski definition) is 5. The highest BCUT2D eigenvalue weighted by Gasteiger charge is 2.39. The lowest BCUT2D eigenvalue weighted by atomic mass is 10.2. The van der Waals surface area contributed by atoms with E-state index in [1.165, 1.54) is 0 Å². The largest absolute Gasteiger partial charge is 0.391 e. The zero-order chi connectivity index (χ0) is 10.1. The van der Waals surface area contributed by atoms with E-state index in [0.717, 1.165) is 0 Å². The Hall–Kier alpha value is -0.620. The van der Waals surface area contributed by atoms with Gasteiger partial charge in [-0.3, -0.25) is 4.18 Å². The van der Waals surface area contributed by atoms with E-state index in [1.54, 1.807) is 20.8 Å². The Kier molecular flexibility index (Phi) is 2.92. The van der Waals surface area contributed by atoms with Gasteiger partial charge in [0.25, 0.3) is 10.1 Å². The molecule has 0 N–H and O–H groups in total. The fourth-order valence-corrected chi connectivity index (χ4v) is 2.75. The molecule has 1 aliphatic heterocycles. The SMILES string of the molecule is CCOS(=O)(=O)[C@@H]1C(C)=NO[C@H]1C. The van der Waals surface area contributed by atoms with Crippen LogP contribution in [-0.2, 0) is 19.1 Å². The van der Waals surface area contributed by atoms with Gasteiger partial charge in [-0.1, -0.05) is 5.16 Å². The molecule has 6 heteroatoms. The number of hydrogen-bond donors (Lipinski definition) is 0. The van der Waals surface area contributed by atoms with Crippen molar-refractivity contribution in [2.24, 2.45) is 5.16 Å². The quantitative estimate of drug-likeness (QED) is 0.633. The third-order valence-corrected chi connectivity index (χ3v) is 3.70. The van der Waals surface area contributed by atoms with Crippen molar-refractivity contribution in [1.82, 2.24) is 0 Å². The van der Waals surface area contributed by atoms with Crippen molar-refractivity contribution in [2.45, 2.75) is 32.1 Å². The molecule has 0 spiro atoms. The fourth-order valence-electron chi connectivity index (χ4n) is 1.29. The summed E-state index contributed by atoms with van der Waals surface area (Å²) in [5, 5.41) is 2.85. The average molecular weight is 207 g/mol. The molecule has 0 unspecified atom stereocenters. The van der Waals surface area contributed by atoms with Gasteiger partial charge in [0.1, 0.15) is 6.10 Å². The van der Waals surface area contributed by atoms with Crippen LogP contribution in [0.25, 0.3) is 0 Å². The molecule has 1 heterocycles. The standard InChI is InChI=1S/C7H13NO4S/c1-4-11-13(9,10)7-5(2)8-12-6(7)3/h6-7H,4H2,1-3H3/t6-,7+/m0/s1. The maximum absolute atomic E-state index is 11.5. The van der Waals surface area contributed by atoms with Gasteiger partial charge < -0.3 is 4.84 Å². The van der Waals surface area contributed by atoms with Crippen molar-refractivity contribution in [3.05, 3.63) is 0 Å². The van der Waals surface area contributed by atoms with Crippen LogP contribution in [-0.4, -0.2) is 32.1 Å². The Bertz CT molecular complexity index is 308. The van der Waals surface area contributed by atoms with Gasteiger partial charge >= 0.3 is 0 Å². The molecule has 2 atom stereocenters. The lowest BCUT2D eigenvalue weighted by Gasteiger charge is -2.13. The van der Waals surface area contributed by atoms with Gasteiger partial charge in [-0.25, -0.2) is 0 Å². The van der Waals surface area contributed by atoms with Crippen molar-refractivity contribution in [1.29, 1.82) is 0 Å². The molecule has 0 fully saturated rings. The van der Waals surface area contributed by atoms with Gasteiger partial charge in [-0.2, -0.15) is 8.42 Å². The molecule has 0 bridgehead atoms. The molecule has 0 radical (unpaired) electrons. The second-order valence-electron chi connectivity index (χ2n) is 2.86. The lowest BCUT2D eigenvalue weighted by molar-refractivity contribution is 0.0988. The predicted molar refractivity (Wildman–Crippen MR) is 48.0 cm³/mol. The highest BCUT2D eigenvalue weighted by atomic mass is 32.2. The van der Waals surface area contributed by atoms with Gasteiger partial charge in [0.15, 0.2) is 5.25 Å².